The van der Waals surface area contributed by atoms with E-state index in [0.717, 1.165) is 11.0 Å². The lowest BCUT2D eigenvalue weighted by Crippen LogP contribution is -1.98. The van der Waals surface area contributed by atoms with E-state index in [9.17, 15) is 0 Å². The number of rotatable bonds is 0. The molecule has 0 fully saturated rings. The number of hydrogen-bond acceptors (Lipinski definition) is 1. The summed E-state index contributed by atoms with van der Waals surface area (Å²) < 4.78 is 0.939. The van der Waals surface area contributed by atoms with Gasteiger partial charge in [-0.05, 0) is 52.9 Å². The van der Waals surface area contributed by atoms with E-state index in [1.54, 1.807) is 0 Å². The molecule has 0 spiro atoms. The highest BCUT2D eigenvalue weighted by molar-refractivity contribution is 9.10. The molecule has 62 valence electrons. The summed E-state index contributed by atoms with van der Waals surface area (Å²) in [6.07, 6.45) is 6.49. The highest BCUT2D eigenvalue weighted by Gasteiger charge is 2.07. The fourth-order valence-electron chi connectivity index (χ4n) is 1.49. The predicted molar refractivity (Wildman–Crippen MR) is 53.9 cm³/mol. The van der Waals surface area contributed by atoms with Gasteiger partial charge in [0.2, 0.25) is 0 Å². The number of aryl methyl sites for hydroxylation is 1. The van der Waals surface area contributed by atoms with Crippen LogP contribution in [0, 0.1) is 0 Å². The van der Waals surface area contributed by atoms with E-state index >= 15 is 0 Å². The first-order valence-corrected chi connectivity index (χ1v) is 4.86. The molecule has 0 aromatic carbocycles. The maximum absolute atomic E-state index is 4.20. The third-order valence-corrected chi connectivity index (χ3v) is 2.62. The summed E-state index contributed by atoms with van der Waals surface area (Å²) in [4.78, 5) is 4.20. The van der Waals surface area contributed by atoms with Crippen LogP contribution in [0.3, 0.4) is 0 Å². The lowest BCUT2D eigenvalue weighted by Gasteiger charge is -2.12. The molecule has 1 aliphatic rings. The van der Waals surface area contributed by atoms with Gasteiger partial charge < -0.3 is 0 Å². The van der Waals surface area contributed by atoms with Crippen LogP contribution in [0.5, 0.6) is 0 Å². The molecule has 1 heterocycles. The number of fused-ring (bicyclic) bond motifs is 1. The first-order chi connectivity index (χ1) is 5.75. The van der Waals surface area contributed by atoms with Gasteiger partial charge in [0.05, 0.1) is 0 Å². The van der Waals surface area contributed by atoms with Crippen molar-refractivity contribution in [3.8, 4) is 0 Å². The zero-order chi connectivity index (χ0) is 8.55. The summed E-state index contributed by atoms with van der Waals surface area (Å²) in [5, 5.41) is 0. The van der Waals surface area contributed by atoms with Crippen molar-refractivity contribution < 1.29 is 0 Å². The number of aromatic nitrogens is 1. The van der Waals surface area contributed by atoms with Crippen LogP contribution >= 0.6 is 15.9 Å². The first kappa shape index (κ1) is 7.99. The number of nitrogens with zero attached hydrogens (tertiary/aromatic N) is 1. The van der Waals surface area contributed by atoms with E-state index in [2.05, 4.69) is 40.0 Å². The second-order valence-electron chi connectivity index (χ2n) is 3.20. The molecule has 1 aromatic rings. The van der Waals surface area contributed by atoms with Crippen LogP contribution in [-0.2, 0) is 6.42 Å². The SMILES string of the molecule is CC1=Cc2cnc(Br)cc2CC1. The Morgan fingerprint density at radius 3 is 3.08 bits per heavy atom. The maximum Gasteiger partial charge on any atom is 0.106 e. The standard InChI is InChI=1S/C10H10BrN/c1-7-2-3-8-5-10(11)12-6-9(8)4-7/h4-6H,2-3H2,1H3. The minimum Gasteiger partial charge on any atom is -0.249 e. The van der Waals surface area contributed by atoms with Crippen molar-refractivity contribution in [2.45, 2.75) is 19.8 Å². The van der Waals surface area contributed by atoms with E-state index in [4.69, 9.17) is 0 Å². The molecule has 0 saturated carbocycles. The van der Waals surface area contributed by atoms with Gasteiger partial charge in [-0.15, -0.1) is 0 Å². The second-order valence-corrected chi connectivity index (χ2v) is 4.01. The topological polar surface area (TPSA) is 12.9 Å². The Bertz CT molecular complexity index is 342. The molecule has 0 saturated heterocycles. The summed E-state index contributed by atoms with van der Waals surface area (Å²) in [6, 6.07) is 2.11. The van der Waals surface area contributed by atoms with Crippen LogP contribution in [0.1, 0.15) is 24.5 Å². The molecule has 0 unspecified atom stereocenters. The minimum absolute atomic E-state index is 0.939. The smallest absolute Gasteiger partial charge is 0.106 e. The molecule has 2 rings (SSSR count). The fourth-order valence-corrected chi connectivity index (χ4v) is 1.87. The average Bonchev–Trinajstić information content (AvgIpc) is 2.05. The second kappa shape index (κ2) is 3.02. The van der Waals surface area contributed by atoms with Gasteiger partial charge in [-0.3, -0.25) is 0 Å². The highest BCUT2D eigenvalue weighted by Crippen LogP contribution is 2.24. The Kier molecular flexibility index (Phi) is 2.01. The van der Waals surface area contributed by atoms with E-state index in [0.29, 0.717) is 0 Å². The first-order valence-electron chi connectivity index (χ1n) is 4.07. The van der Waals surface area contributed by atoms with Crippen molar-refractivity contribution in [2.75, 3.05) is 0 Å². The van der Waals surface area contributed by atoms with Crippen LogP contribution in [0.25, 0.3) is 6.08 Å². The van der Waals surface area contributed by atoms with Crippen LogP contribution in [0.4, 0.5) is 0 Å². The molecule has 1 aromatic heterocycles. The molecule has 0 amide bonds. The summed E-state index contributed by atoms with van der Waals surface area (Å²) in [5.41, 5.74) is 4.14. The van der Waals surface area contributed by atoms with Gasteiger partial charge in [-0.2, -0.15) is 0 Å². The Hall–Kier alpha value is -0.630. The Morgan fingerprint density at radius 2 is 2.25 bits per heavy atom. The monoisotopic (exact) mass is 223 g/mol. The summed E-state index contributed by atoms with van der Waals surface area (Å²) in [6.45, 7) is 2.17. The number of hydrogen-bond donors (Lipinski definition) is 0. The van der Waals surface area contributed by atoms with Crippen molar-refractivity contribution >= 4 is 22.0 Å². The van der Waals surface area contributed by atoms with Crippen molar-refractivity contribution in [1.29, 1.82) is 0 Å². The van der Waals surface area contributed by atoms with Crippen molar-refractivity contribution in [3.05, 3.63) is 33.6 Å². The van der Waals surface area contributed by atoms with Gasteiger partial charge >= 0.3 is 0 Å². The quantitative estimate of drug-likeness (QED) is 0.616. The normalized spacial score (nSPS) is 15.3. The molecule has 0 radical (unpaired) electrons. The van der Waals surface area contributed by atoms with Gasteiger partial charge in [0, 0.05) is 6.20 Å². The van der Waals surface area contributed by atoms with Crippen molar-refractivity contribution in [1.82, 2.24) is 4.98 Å². The lowest BCUT2D eigenvalue weighted by molar-refractivity contribution is 0.919. The zero-order valence-electron chi connectivity index (χ0n) is 6.97. The molecule has 1 nitrogen and oxygen atoms in total. The average molecular weight is 224 g/mol. The van der Waals surface area contributed by atoms with E-state index in [1.807, 2.05) is 6.20 Å². The molecule has 0 N–H and O–H groups in total. The van der Waals surface area contributed by atoms with E-state index in [1.165, 1.54) is 23.1 Å². The minimum atomic E-state index is 0.939. The van der Waals surface area contributed by atoms with Gasteiger partial charge in [-0.25, -0.2) is 4.98 Å². The lowest BCUT2D eigenvalue weighted by atomic mass is 9.95. The third kappa shape index (κ3) is 1.44. The van der Waals surface area contributed by atoms with Crippen LogP contribution in [-0.4, -0.2) is 4.98 Å². The summed E-state index contributed by atoms with van der Waals surface area (Å²) in [5.74, 6) is 0. The Balaban J connectivity index is 2.51. The van der Waals surface area contributed by atoms with E-state index in [-0.39, 0.29) is 0 Å². The fraction of sp³-hybridized carbons (Fsp3) is 0.300. The molecule has 2 heteroatoms. The van der Waals surface area contributed by atoms with Crippen LogP contribution < -0.4 is 0 Å². The summed E-state index contributed by atoms with van der Waals surface area (Å²) >= 11 is 3.37. The van der Waals surface area contributed by atoms with E-state index < -0.39 is 0 Å². The zero-order valence-corrected chi connectivity index (χ0v) is 8.56. The van der Waals surface area contributed by atoms with Crippen molar-refractivity contribution in [3.63, 3.8) is 0 Å². The van der Waals surface area contributed by atoms with Gasteiger partial charge in [0.25, 0.3) is 0 Å². The third-order valence-electron chi connectivity index (χ3n) is 2.18. The Morgan fingerprint density at radius 1 is 1.42 bits per heavy atom. The molecule has 1 aliphatic carbocycles. The maximum atomic E-state index is 4.20. The van der Waals surface area contributed by atoms with Crippen molar-refractivity contribution in [2.24, 2.45) is 0 Å². The molecule has 0 bridgehead atoms. The number of allylic oxidation sites excluding steroid dienone is 1. The molecule has 0 atom stereocenters. The molecule has 0 aliphatic heterocycles. The largest absolute Gasteiger partial charge is 0.249 e. The summed E-state index contributed by atoms with van der Waals surface area (Å²) in [7, 11) is 0. The van der Waals surface area contributed by atoms with Gasteiger partial charge in [0.1, 0.15) is 4.60 Å². The number of pyridine rings is 1. The molecular weight excluding hydrogens is 214 g/mol. The van der Waals surface area contributed by atoms with Gasteiger partial charge in [0.15, 0.2) is 0 Å². The number of halogens is 1. The van der Waals surface area contributed by atoms with Gasteiger partial charge in [-0.1, -0.05) is 11.6 Å². The van der Waals surface area contributed by atoms with Crippen LogP contribution in [0.15, 0.2) is 22.4 Å². The Labute approximate surface area is 80.6 Å². The highest BCUT2D eigenvalue weighted by atomic mass is 79.9. The predicted octanol–water partition coefficient (Wildman–Crippen LogP) is 3.19. The molecular formula is C10H10BrN. The van der Waals surface area contributed by atoms with Crippen LogP contribution in [0.2, 0.25) is 0 Å². The molecule has 12 heavy (non-hydrogen) atoms.